The lowest BCUT2D eigenvalue weighted by molar-refractivity contribution is -0.384. The summed E-state index contributed by atoms with van der Waals surface area (Å²) in [7, 11) is 0. The Kier molecular flexibility index (Phi) is 5.31. The van der Waals surface area contributed by atoms with E-state index in [1.54, 1.807) is 16.2 Å². The molecule has 0 spiro atoms. The summed E-state index contributed by atoms with van der Waals surface area (Å²) in [6.45, 7) is 5.32. The highest BCUT2D eigenvalue weighted by atomic mass is 35.5. The fourth-order valence-electron chi connectivity index (χ4n) is 2.78. The van der Waals surface area contributed by atoms with Crippen LogP contribution in [-0.2, 0) is 6.54 Å². The number of thiazole rings is 1. The van der Waals surface area contributed by atoms with Crippen LogP contribution in [0.15, 0.2) is 23.6 Å². The van der Waals surface area contributed by atoms with Crippen molar-refractivity contribution in [1.29, 1.82) is 0 Å². The van der Waals surface area contributed by atoms with Crippen LogP contribution in [0.5, 0.6) is 0 Å². The van der Waals surface area contributed by atoms with Crippen molar-refractivity contribution in [2.24, 2.45) is 0 Å². The zero-order chi connectivity index (χ0) is 18.0. The number of halogens is 1. The van der Waals surface area contributed by atoms with Gasteiger partial charge in [-0.2, -0.15) is 0 Å². The number of non-ortho nitro benzene ring substituents is 1. The molecule has 0 aliphatic carbocycles. The maximum absolute atomic E-state index is 12.7. The van der Waals surface area contributed by atoms with Gasteiger partial charge in [0.1, 0.15) is 0 Å². The minimum Gasteiger partial charge on any atom is -0.336 e. The molecule has 0 unspecified atom stereocenters. The van der Waals surface area contributed by atoms with Crippen LogP contribution in [0.2, 0.25) is 5.02 Å². The number of hydrogen-bond acceptors (Lipinski definition) is 6. The van der Waals surface area contributed by atoms with E-state index in [2.05, 4.69) is 15.3 Å². The number of carbonyl (C=O) groups excluding carboxylic acids is 1. The quantitative estimate of drug-likeness (QED) is 0.601. The third-order valence-electron chi connectivity index (χ3n) is 4.10. The van der Waals surface area contributed by atoms with Crippen LogP contribution in [-0.4, -0.2) is 51.8 Å². The van der Waals surface area contributed by atoms with Crippen molar-refractivity contribution in [2.75, 3.05) is 26.2 Å². The van der Waals surface area contributed by atoms with E-state index in [0.29, 0.717) is 13.1 Å². The molecule has 3 rings (SSSR count). The van der Waals surface area contributed by atoms with Crippen molar-refractivity contribution < 1.29 is 9.72 Å². The van der Waals surface area contributed by atoms with Crippen molar-refractivity contribution in [1.82, 2.24) is 14.8 Å². The Labute approximate surface area is 154 Å². The van der Waals surface area contributed by atoms with Crippen molar-refractivity contribution in [3.63, 3.8) is 0 Å². The molecule has 2 heterocycles. The van der Waals surface area contributed by atoms with Crippen molar-refractivity contribution in [3.8, 4) is 0 Å². The number of hydrogen-bond donors (Lipinski definition) is 0. The number of carbonyl (C=O) groups is 1. The zero-order valence-electron chi connectivity index (χ0n) is 13.6. The summed E-state index contributed by atoms with van der Waals surface area (Å²) in [5.74, 6) is -0.266. The number of piperazine rings is 1. The summed E-state index contributed by atoms with van der Waals surface area (Å²) in [5.41, 5.74) is 1.09. The highest BCUT2D eigenvalue weighted by Crippen LogP contribution is 2.24. The molecule has 7 nitrogen and oxygen atoms in total. The minimum absolute atomic E-state index is 0.134. The first kappa shape index (κ1) is 17.8. The molecule has 2 aromatic rings. The molecular formula is C16H17ClN4O3S. The summed E-state index contributed by atoms with van der Waals surface area (Å²) in [6, 6.07) is 3.94. The Balaban J connectivity index is 1.63. The molecule has 1 aliphatic rings. The van der Waals surface area contributed by atoms with Gasteiger partial charge in [0.15, 0.2) is 0 Å². The van der Waals surface area contributed by atoms with Gasteiger partial charge < -0.3 is 4.90 Å². The van der Waals surface area contributed by atoms with Gasteiger partial charge in [-0.3, -0.25) is 19.8 Å². The number of benzene rings is 1. The van der Waals surface area contributed by atoms with E-state index in [1.807, 2.05) is 6.92 Å². The molecule has 0 saturated carbocycles. The first-order valence-corrected chi connectivity index (χ1v) is 9.06. The van der Waals surface area contributed by atoms with Crippen LogP contribution in [0.25, 0.3) is 0 Å². The lowest BCUT2D eigenvalue weighted by Crippen LogP contribution is -2.48. The van der Waals surface area contributed by atoms with Gasteiger partial charge in [0.05, 0.1) is 26.2 Å². The maximum atomic E-state index is 12.7. The second-order valence-electron chi connectivity index (χ2n) is 5.85. The topological polar surface area (TPSA) is 79.6 Å². The molecule has 1 fully saturated rings. The number of aryl methyl sites for hydroxylation is 1. The number of nitrogens with zero attached hydrogens (tertiary/aromatic N) is 4. The first-order chi connectivity index (χ1) is 11.9. The third kappa shape index (κ3) is 4.15. The lowest BCUT2D eigenvalue weighted by atomic mass is 10.1. The maximum Gasteiger partial charge on any atom is 0.270 e. The molecule has 1 aliphatic heterocycles. The van der Waals surface area contributed by atoms with Crippen LogP contribution >= 0.6 is 22.9 Å². The smallest absolute Gasteiger partial charge is 0.270 e. The van der Waals surface area contributed by atoms with Crippen molar-refractivity contribution in [3.05, 3.63) is 55.0 Å². The Bertz CT molecular complexity index is 802. The van der Waals surface area contributed by atoms with Crippen LogP contribution in [0.1, 0.15) is 21.1 Å². The van der Waals surface area contributed by atoms with E-state index in [1.165, 1.54) is 18.2 Å². The SMILES string of the molecule is Cc1nc(CN2CCN(C(=O)c3cc([N+](=O)[O-])ccc3Cl)CC2)cs1. The van der Waals surface area contributed by atoms with E-state index in [9.17, 15) is 14.9 Å². The van der Waals surface area contributed by atoms with E-state index >= 15 is 0 Å². The molecule has 0 bridgehead atoms. The molecule has 1 aromatic carbocycles. The standard InChI is InChI=1S/C16H17ClN4O3S/c1-11-18-12(10-25-11)9-19-4-6-20(7-5-19)16(22)14-8-13(21(23)24)2-3-15(14)17/h2-3,8,10H,4-7,9H2,1H3. The van der Waals surface area contributed by atoms with E-state index < -0.39 is 4.92 Å². The predicted molar refractivity (Wildman–Crippen MR) is 96.1 cm³/mol. The number of rotatable bonds is 4. The van der Waals surface area contributed by atoms with Crippen LogP contribution in [0, 0.1) is 17.0 Å². The molecule has 1 aromatic heterocycles. The lowest BCUT2D eigenvalue weighted by Gasteiger charge is -2.34. The van der Waals surface area contributed by atoms with Gasteiger partial charge in [0.2, 0.25) is 0 Å². The minimum atomic E-state index is -0.527. The Hall–Kier alpha value is -2.03. The summed E-state index contributed by atoms with van der Waals surface area (Å²) in [6.07, 6.45) is 0. The fourth-order valence-corrected chi connectivity index (χ4v) is 3.58. The number of aromatic nitrogens is 1. The number of nitro benzene ring substituents is 1. The second kappa shape index (κ2) is 7.47. The second-order valence-corrected chi connectivity index (χ2v) is 7.32. The first-order valence-electron chi connectivity index (χ1n) is 7.80. The zero-order valence-corrected chi connectivity index (χ0v) is 15.2. The summed E-state index contributed by atoms with van der Waals surface area (Å²) in [4.78, 5) is 31.4. The molecule has 132 valence electrons. The summed E-state index contributed by atoms with van der Waals surface area (Å²) >= 11 is 7.69. The summed E-state index contributed by atoms with van der Waals surface area (Å²) in [5, 5.41) is 14.2. The molecule has 1 saturated heterocycles. The molecule has 0 radical (unpaired) electrons. The van der Waals surface area contributed by atoms with Gasteiger partial charge in [-0.05, 0) is 13.0 Å². The molecular weight excluding hydrogens is 364 g/mol. The van der Waals surface area contributed by atoms with Crippen molar-refractivity contribution in [2.45, 2.75) is 13.5 Å². The average molecular weight is 381 g/mol. The van der Waals surface area contributed by atoms with Crippen LogP contribution in [0.3, 0.4) is 0 Å². The molecule has 0 atom stereocenters. The molecule has 25 heavy (non-hydrogen) atoms. The van der Waals surface area contributed by atoms with Crippen LogP contribution < -0.4 is 0 Å². The monoisotopic (exact) mass is 380 g/mol. The van der Waals surface area contributed by atoms with Crippen LogP contribution in [0.4, 0.5) is 5.69 Å². The van der Waals surface area contributed by atoms with Gasteiger partial charge in [-0.1, -0.05) is 11.6 Å². The normalized spacial score (nSPS) is 15.4. The Morgan fingerprint density at radius 1 is 1.36 bits per heavy atom. The van der Waals surface area contributed by atoms with E-state index in [4.69, 9.17) is 11.6 Å². The summed E-state index contributed by atoms with van der Waals surface area (Å²) < 4.78 is 0. The molecule has 1 amide bonds. The Morgan fingerprint density at radius 2 is 2.08 bits per heavy atom. The average Bonchev–Trinajstić information content (AvgIpc) is 3.00. The fraction of sp³-hybridized carbons (Fsp3) is 0.375. The third-order valence-corrected chi connectivity index (χ3v) is 5.25. The predicted octanol–water partition coefficient (Wildman–Crippen LogP) is 2.97. The number of nitro groups is 1. The largest absolute Gasteiger partial charge is 0.336 e. The highest BCUT2D eigenvalue weighted by molar-refractivity contribution is 7.09. The van der Waals surface area contributed by atoms with Gasteiger partial charge in [-0.25, -0.2) is 4.98 Å². The van der Waals surface area contributed by atoms with Crippen molar-refractivity contribution >= 4 is 34.5 Å². The van der Waals surface area contributed by atoms with Gasteiger partial charge in [0, 0.05) is 50.2 Å². The van der Waals surface area contributed by atoms with E-state index in [-0.39, 0.29) is 22.2 Å². The molecule has 0 N–H and O–H groups in total. The Morgan fingerprint density at radius 3 is 2.68 bits per heavy atom. The van der Waals surface area contributed by atoms with Gasteiger partial charge in [0.25, 0.3) is 11.6 Å². The molecule has 9 heteroatoms. The highest BCUT2D eigenvalue weighted by Gasteiger charge is 2.25. The van der Waals surface area contributed by atoms with Gasteiger partial charge >= 0.3 is 0 Å². The number of amides is 1. The van der Waals surface area contributed by atoms with E-state index in [0.717, 1.165) is 30.3 Å². The van der Waals surface area contributed by atoms with Gasteiger partial charge in [-0.15, -0.1) is 11.3 Å².